The Morgan fingerprint density at radius 2 is 1.86 bits per heavy atom. The van der Waals surface area contributed by atoms with E-state index in [-0.39, 0.29) is 0 Å². The molecule has 0 aliphatic heterocycles. The summed E-state index contributed by atoms with van der Waals surface area (Å²) in [7, 11) is 14.0. The van der Waals surface area contributed by atoms with Crippen molar-refractivity contribution in [2.45, 2.75) is 0 Å². The topological polar surface area (TPSA) is 0 Å². The third-order valence-corrected chi connectivity index (χ3v) is 3.81. The molecule has 0 N–H and O–H groups in total. The second kappa shape index (κ2) is 5.68. The summed E-state index contributed by atoms with van der Waals surface area (Å²) in [6.45, 7) is 1.97. The van der Waals surface area contributed by atoms with Crippen LogP contribution in [0.2, 0.25) is 0 Å². The molecule has 0 bridgehead atoms. The zero-order valence-corrected chi connectivity index (χ0v) is 7.04. The Morgan fingerprint density at radius 3 is 1.86 bits per heavy atom. The predicted molar refractivity (Wildman–Crippen MR) is 49.4 cm³/mol. The van der Waals surface area contributed by atoms with E-state index in [1.165, 1.54) is 0 Å². The van der Waals surface area contributed by atoms with Crippen LogP contribution < -0.4 is 0 Å². The maximum absolute atomic E-state index is 5.30. The van der Waals surface area contributed by atoms with Gasteiger partial charge in [-0.05, 0) is 0 Å². The van der Waals surface area contributed by atoms with Crippen molar-refractivity contribution in [2.75, 3.05) is 0 Å². The summed E-state index contributed by atoms with van der Waals surface area (Å²) in [6, 6.07) is 0.435. The van der Waals surface area contributed by atoms with Crippen LogP contribution in [0.25, 0.3) is 0 Å². The molecule has 5 radical (unpaired) electrons. The second-order valence-electron chi connectivity index (χ2n) is 1.00. The molecular weight excluding hydrogens is 136 g/mol. The molecule has 0 fully saturated rings. The van der Waals surface area contributed by atoms with E-state index in [2.05, 4.69) is 9.12 Å². The molecule has 0 amide bonds. The van der Waals surface area contributed by atoms with Crippen LogP contribution in [0.4, 0.5) is 0 Å². The predicted octanol–water partition coefficient (Wildman–Crippen LogP) is -0.0104. The van der Waals surface area contributed by atoms with Gasteiger partial charge in [-0.2, -0.15) is 9.12 Å². The van der Waals surface area contributed by atoms with Gasteiger partial charge in [0.1, 0.15) is 12.9 Å². The van der Waals surface area contributed by atoms with Crippen LogP contribution >= 0.6 is 25.8 Å². The molecule has 0 saturated carbocycles. The number of hydrogen-bond acceptors (Lipinski definition) is 0. The van der Waals surface area contributed by atoms with Gasteiger partial charge in [-0.25, -0.2) is 16.7 Å². The first-order chi connectivity index (χ1) is 3.35. The lowest BCUT2D eigenvalue weighted by atomic mass is 9.74. The summed E-state index contributed by atoms with van der Waals surface area (Å²) < 4.78 is 0. The number of rotatable bonds is 3. The lowest BCUT2D eigenvalue weighted by Gasteiger charge is -2.01. The van der Waals surface area contributed by atoms with E-state index in [0.717, 1.165) is 0 Å². The molecule has 0 spiro atoms. The molecule has 0 rings (SSSR count). The minimum absolute atomic E-state index is 0.435. The molecular formula is H4B4P3. The standard InChI is InChI=1S/B4H4P3/c1-6-4(3-5)7-2/h6-7H,5H2. The highest BCUT2D eigenvalue weighted by atomic mass is 31.1. The molecule has 31 valence electrons. The first-order valence-electron chi connectivity index (χ1n) is 1.82. The van der Waals surface area contributed by atoms with Crippen LogP contribution in [0.1, 0.15) is 0 Å². The van der Waals surface area contributed by atoms with Crippen LogP contribution in [0, 0.1) is 0 Å². The van der Waals surface area contributed by atoms with E-state index in [4.69, 9.17) is 15.1 Å². The fraction of sp³-hybridized carbons (Fsp3) is 0. The van der Waals surface area contributed by atoms with Crippen molar-refractivity contribution in [2.24, 2.45) is 0 Å². The van der Waals surface area contributed by atoms with Gasteiger partial charge in [0.05, 0.1) is 15.1 Å². The summed E-state index contributed by atoms with van der Waals surface area (Å²) in [6.07, 6.45) is 0. The Morgan fingerprint density at radius 1 is 1.43 bits per heavy atom. The fourth-order valence-electron chi connectivity index (χ4n) is 0.159. The van der Waals surface area contributed by atoms with Gasteiger partial charge in [0.25, 0.3) is 0 Å². The molecule has 0 aliphatic rings. The van der Waals surface area contributed by atoms with Gasteiger partial charge in [0, 0.05) is 0 Å². The minimum Gasteiger partial charge on any atom is -0.206 e. The molecule has 7 heteroatoms. The van der Waals surface area contributed by atoms with Gasteiger partial charge in [0.15, 0.2) is 0 Å². The molecule has 0 aromatic rings. The fourth-order valence-corrected chi connectivity index (χ4v) is 1.43. The van der Waals surface area contributed by atoms with Crippen molar-refractivity contribution in [1.82, 2.24) is 0 Å². The third kappa shape index (κ3) is 4.08. The van der Waals surface area contributed by atoms with Crippen molar-refractivity contribution in [1.29, 1.82) is 0 Å². The highest BCUT2D eigenvalue weighted by Crippen LogP contribution is 2.22. The van der Waals surface area contributed by atoms with Gasteiger partial charge >= 0.3 is 0 Å². The highest BCUT2D eigenvalue weighted by molar-refractivity contribution is 8.31. The van der Waals surface area contributed by atoms with Crippen molar-refractivity contribution >= 4 is 53.9 Å². The molecule has 0 aliphatic carbocycles. The van der Waals surface area contributed by atoms with Crippen molar-refractivity contribution in [3.8, 4) is 0 Å². The average molecular weight is 140 g/mol. The lowest BCUT2D eigenvalue weighted by Crippen LogP contribution is -2.03. The Hall–Kier alpha value is 1.55. The summed E-state index contributed by atoms with van der Waals surface area (Å²) in [5.41, 5.74) is 0. The Labute approximate surface area is 54.4 Å². The maximum Gasteiger partial charge on any atom is 0.138 e. The highest BCUT2D eigenvalue weighted by Gasteiger charge is 2.01. The zero-order valence-electron chi connectivity index (χ0n) is 3.89. The van der Waals surface area contributed by atoms with E-state index in [0.29, 0.717) is 22.7 Å². The second-order valence-corrected chi connectivity index (χ2v) is 3.88. The van der Waals surface area contributed by atoms with Crippen LogP contribution in [0.3, 0.4) is 0 Å². The maximum atomic E-state index is 5.30. The summed E-state index contributed by atoms with van der Waals surface area (Å²) in [4.78, 5) is 0. The third-order valence-electron chi connectivity index (χ3n) is 0.552. The van der Waals surface area contributed by atoms with Crippen molar-refractivity contribution in [3.05, 3.63) is 0 Å². The molecule has 7 heavy (non-hydrogen) atoms. The van der Waals surface area contributed by atoms with Crippen molar-refractivity contribution in [3.63, 3.8) is 0 Å². The SMILES string of the molecule is [B]PB([B]P)P[B]. The van der Waals surface area contributed by atoms with Gasteiger partial charge in [0.2, 0.25) is 0 Å². The van der Waals surface area contributed by atoms with Crippen LogP contribution in [-0.2, 0) is 0 Å². The summed E-state index contributed by atoms with van der Waals surface area (Å²) in [5, 5.41) is 0. The van der Waals surface area contributed by atoms with E-state index < -0.39 is 0 Å². The Kier molecular flexibility index (Phi) is 6.94. The van der Waals surface area contributed by atoms with E-state index in [1.54, 1.807) is 0 Å². The van der Waals surface area contributed by atoms with Crippen LogP contribution in [-0.4, -0.2) is 28.1 Å². The first kappa shape index (κ1) is 8.55. The van der Waals surface area contributed by atoms with E-state index in [9.17, 15) is 0 Å². The largest absolute Gasteiger partial charge is 0.206 e. The van der Waals surface area contributed by atoms with Gasteiger partial charge in [-0.15, -0.1) is 0 Å². The van der Waals surface area contributed by atoms with E-state index >= 15 is 0 Å². The smallest absolute Gasteiger partial charge is 0.138 e. The molecule has 0 heterocycles. The van der Waals surface area contributed by atoms with Crippen molar-refractivity contribution < 1.29 is 0 Å². The molecule has 3 unspecified atom stereocenters. The quantitative estimate of drug-likeness (QED) is 0.382. The molecule has 0 nitrogen and oxygen atoms in total. The Bertz CT molecular complexity index is 28.4. The number of hydrogen-bond donors (Lipinski definition) is 0. The molecule has 3 atom stereocenters. The minimum atomic E-state index is 0.435. The normalized spacial score (nSPS) is 11.6. The van der Waals surface area contributed by atoms with Crippen LogP contribution in [0.15, 0.2) is 0 Å². The lowest BCUT2D eigenvalue weighted by molar-refractivity contribution is 4.09. The monoisotopic (exact) mass is 141 g/mol. The first-order valence-corrected chi connectivity index (χ1v) is 4.80. The van der Waals surface area contributed by atoms with Gasteiger partial charge in [-0.3, -0.25) is 0 Å². The summed E-state index contributed by atoms with van der Waals surface area (Å²) in [5.74, 6) is 0. The Balaban J connectivity index is 2.99. The summed E-state index contributed by atoms with van der Waals surface area (Å²) >= 11 is 0. The van der Waals surface area contributed by atoms with Gasteiger partial charge in [-0.1, -0.05) is 0 Å². The van der Waals surface area contributed by atoms with Crippen LogP contribution in [0.5, 0.6) is 0 Å². The molecule has 0 saturated heterocycles. The molecule has 0 aromatic heterocycles. The van der Waals surface area contributed by atoms with Gasteiger partial charge < -0.3 is 0 Å². The molecule has 0 aromatic carbocycles. The van der Waals surface area contributed by atoms with E-state index in [1.807, 2.05) is 6.89 Å². The average Bonchev–Trinajstić information content (AvgIpc) is 1.72. The zero-order chi connectivity index (χ0) is 5.70.